The smallest absolute Gasteiger partial charge is 0.241 e. The summed E-state index contributed by atoms with van der Waals surface area (Å²) < 4.78 is 5.26. The highest BCUT2D eigenvalue weighted by Gasteiger charge is 2.22. The van der Waals surface area contributed by atoms with Crippen LogP contribution in [0.3, 0.4) is 0 Å². The molecular weight excluding hydrogens is 288 g/mol. The molecule has 1 saturated heterocycles. The first-order chi connectivity index (χ1) is 10.1. The van der Waals surface area contributed by atoms with Crippen molar-refractivity contribution in [3.8, 4) is 5.75 Å². The minimum absolute atomic E-state index is 0.0162. The van der Waals surface area contributed by atoms with Gasteiger partial charge in [-0.1, -0.05) is 24.4 Å². The van der Waals surface area contributed by atoms with Gasteiger partial charge in [0.2, 0.25) is 5.91 Å². The second kappa shape index (κ2) is 7.66. The predicted molar refractivity (Wildman–Crippen MR) is 86.1 cm³/mol. The van der Waals surface area contributed by atoms with Crippen molar-refractivity contribution in [2.45, 2.75) is 38.6 Å². The molecular formula is C16H23ClN2O2. The van der Waals surface area contributed by atoms with E-state index in [0.29, 0.717) is 16.5 Å². The third-order valence-electron chi connectivity index (χ3n) is 3.99. The van der Waals surface area contributed by atoms with Gasteiger partial charge < -0.3 is 10.1 Å². The summed E-state index contributed by atoms with van der Waals surface area (Å²) in [4.78, 5) is 14.7. The average Bonchev–Trinajstić information content (AvgIpc) is 2.75. The Labute approximate surface area is 131 Å². The highest BCUT2D eigenvalue weighted by Crippen LogP contribution is 2.28. The van der Waals surface area contributed by atoms with Gasteiger partial charge in [-0.25, -0.2) is 0 Å². The quantitative estimate of drug-likeness (QED) is 0.924. The van der Waals surface area contributed by atoms with Gasteiger partial charge in [0, 0.05) is 5.02 Å². The number of hydrogen-bond acceptors (Lipinski definition) is 3. The van der Waals surface area contributed by atoms with Crippen LogP contribution in [0.1, 0.15) is 32.6 Å². The van der Waals surface area contributed by atoms with Crippen LogP contribution in [0.2, 0.25) is 5.02 Å². The van der Waals surface area contributed by atoms with Crippen molar-refractivity contribution < 1.29 is 9.53 Å². The van der Waals surface area contributed by atoms with Crippen molar-refractivity contribution in [2.75, 3.05) is 25.5 Å². The van der Waals surface area contributed by atoms with Crippen molar-refractivity contribution in [3.05, 3.63) is 23.2 Å². The van der Waals surface area contributed by atoms with Gasteiger partial charge in [-0.3, -0.25) is 9.69 Å². The lowest BCUT2D eigenvalue weighted by Crippen LogP contribution is -2.42. The van der Waals surface area contributed by atoms with E-state index in [4.69, 9.17) is 16.3 Å². The Morgan fingerprint density at radius 1 is 1.29 bits per heavy atom. The minimum atomic E-state index is -0.146. The number of nitrogens with one attached hydrogen (secondary N) is 1. The van der Waals surface area contributed by atoms with Crippen LogP contribution >= 0.6 is 11.6 Å². The molecule has 0 unspecified atom stereocenters. The van der Waals surface area contributed by atoms with Gasteiger partial charge in [0.1, 0.15) is 5.75 Å². The predicted octanol–water partition coefficient (Wildman–Crippen LogP) is 3.55. The number of benzene rings is 1. The Bertz CT molecular complexity index is 485. The molecule has 4 nitrogen and oxygen atoms in total. The Kier molecular flexibility index (Phi) is 5.88. The maximum atomic E-state index is 12.5. The molecule has 0 radical (unpaired) electrons. The molecule has 1 atom stereocenters. The summed E-state index contributed by atoms with van der Waals surface area (Å²) in [5, 5.41) is 3.51. The van der Waals surface area contributed by atoms with E-state index in [0.717, 1.165) is 25.9 Å². The molecule has 1 aromatic carbocycles. The number of amides is 1. The Balaban J connectivity index is 2.04. The van der Waals surface area contributed by atoms with E-state index >= 15 is 0 Å². The summed E-state index contributed by atoms with van der Waals surface area (Å²) >= 11 is 5.99. The topological polar surface area (TPSA) is 41.6 Å². The zero-order chi connectivity index (χ0) is 15.2. The van der Waals surface area contributed by atoms with E-state index in [1.165, 1.54) is 12.8 Å². The summed E-state index contributed by atoms with van der Waals surface area (Å²) in [5.74, 6) is 0.605. The first-order valence-corrected chi connectivity index (χ1v) is 7.88. The van der Waals surface area contributed by atoms with Crippen LogP contribution in [0.5, 0.6) is 5.75 Å². The van der Waals surface area contributed by atoms with E-state index in [2.05, 4.69) is 10.2 Å². The molecule has 1 amide bonds. The molecule has 0 saturated carbocycles. The van der Waals surface area contributed by atoms with E-state index < -0.39 is 0 Å². The molecule has 2 rings (SSSR count). The molecule has 1 aliphatic heterocycles. The van der Waals surface area contributed by atoms with Gasteiger partial charge in [-0.05, 0) is 51.1 Å². The number of halogens is 1. The molecule has 1 N–H and O–H groups in total. The normalized spacial score (nSPS) is 17.9. The van der Waals surface area contributed by atoms with Crippen molar-refractivity contribution in [1.82, 2.24) is 4.90 Å². The van der Waals surface area contributed by atoms with Gasteiger partial charge in [0.05, 0.1) is 18.8 Å². The third kappa shape index (κ3) is 4.35. The maximum Gasteiger partial charge on any atom is 0.241 e. The van der Waals surface area contributed by atoms with Crippen LogP contribution in [-0.4, -0.2) is 37.0 Å². The van der Waals surface area contributed by atoms with Gasteiger partial charge in [-0.15, -0.1) is 0 Å². The highest BCUT2D eigenvalue weighted by molar-refractivity contribution is 6.31. The summed E-state index contributed by atoms with van der Waals surface area (Å²) in [6.07, 6.45) is 4.84. The highest BCUT2D eigenvalue weighted by atomic mass is 35.5. The van der Waals surface area contributed by atoms with Crippen LogP contribution in [0, 0.1) is 0 Å². The molecule has 1 fully saturated rings. The van der Waals surface area contributed by atoms with Crippen LogP contribution in [0.4, 0.5) is 5.69 Å². The lowest BCUT2D eigenvalue weighted by Gasteiger charge is -2.26. The van der Waals surface area contributed by atoms with Crippen molar-refractivity contribution in [1.29, 1.82) is 0 Å². The van der Waals surface area contributed by atoms with E-state index in [1.807, 2.05) is 6.92 Å². The van der Waals surface area contributed by atoms with Crippen LogP contribution in [0.25, 0.3) is 0 Å². The van der Waals surface area contributed by atoms with E-state index in [1.54, 1.807) is 25.3 Å². The summed E-state index contributed by atoms with van der Waals surface area (Å²) in [5.41, 5.74) is 0.622. The van der Waals surface area contributed by atoms with Crippen LogP contribution in [0.15, 0.2) is 18.2 Å². The fraction of sp³-hybridized carbons (Fsp3) is 0.562. The lowest BCUT2D eigenvalue weighted by molar-refractivity contribution is -0.120. The molecule has 5 heteroatoms. The fourth-order valence-corrected chi connectivity index (χ4v) is 2.84. The van der Waals surface area contributed by atoms with Gasteiger partial charge in [-0.2, -0.15) is 0 Å². The monoisotopic (exact) mass is 310 g/mol. The van der Waals surface area contributed by atoms with Crippen LogP contribution < -0.4 is 10.1 Å². The third-order valence-corrected chi connectivity index (χ3v) is 4.22. The summed E-state index contributed by atoms with van der Waals surface area (Å²) in [6, 6.07) is 5.07. The van der Waals surface area contributed by atoms with E-state index in [-0.39, 0.29) is 11.9 Å². The SMILES string of the molecule is COc1ccc(Cl)cc1NC(=O)[C@H](C)N1CCCCCC1. The van der Waals surface area contributed by atoms with E-state index in [9.17, 15) is 4.79 Å². The number of ether oxygens (including phenoxy) is 1. The minimum Gasteiger partial charge on any atom is -0.495 e. The van der Waals surface area contributed by atoms with Crippen molar-refractivity contribution >= 4 is 23.2 Å². The first-order valence-electron chi connectivity index (χ1n) is 7.50. The average molecular weight is 311 g/mol. The number of anilines is 1. The van der Waals surface area contributed by atoms with Gasteiger partial charge in [0.15, 0.2) is 0 Å². The number of carbonyl (C=O) groups is 1. The molecule has 0 spiro atoms. The standard InChI is InChI=1S/C16H23ClN2O2/c1-12(19-9-5-3-4-6-10-19)16(20)18-14-11-13(17)7-8-15(14)21-2/h7-8,11-12H,3-6,9-10H2,1-2H3,(H,18,20)/t12-/m0/s1. The molecule has 116 valence electrons. The number of carbonyl (C=O) groups excluding carboxylic acids is 1. The van der Waals surface area contributed by atoms with Crippen LogP contribution in [-0.2, 0) is 4.79 Å². The number of likely N-dealkylation sites (tertiary alicyclic amines) is 1. The fourth-order valence-electron chi connectivity index (χ4n) is 2.66. The first kappa shape index (κ1) is 16.1. The largest absolute Gasteiger partial charge is 0.495 e. The molecule has 1 heterocycles. The molecule has 0 aliphatic carbocycles. The molecule has 0 aromatic heterocycles. The Hall–Kier alpha value is -1.26. The zero-order valence-electron chi connectivity index (χ0n) is 12.7. The second-order valence-corrected chi connectivity index (χ2v) is 5.90. The maximum absolute atomic E-state index is 12.5. The Morgan fingerprint density at radius 3 is 2.57 bits per heavy atom. The van der Waals surface area contributed by atoms with Gasteiger partial charge in [0.25, 0.3) is 0 Å². The number of hydrogen-bond donors (Lipinski definition) is 1. The zero-order valence-corrected chi connectivity index (χ0v) is 13.4. The lowest BCUT2D eigenvalue weighted by atomic mass is 10.2. The molecule has 0 bridgehead atoms. The molecule has 1 aliphatic rings. The summed E-state index contributed by atoms with van der Waals surface area (Å²) in [6.45, 7) is 3.93. The molecule has 1 aromatic rings. The number of nitrogens with zero attached hydrogens (tertiary/aromatic N) is 1. The number of methoxy groups -OCH3 is 1. The molecule has 21 heavy (non-hydrogen) atoms. The summed E-state index contributed by atoms with van der Waals surface area (Å²) in [7, 11) is 1.58. The Morgan fingerprint density at radius 2 is 1.95 bits per heavy atom. The van der Waals surface area contributed by atoms with Crippen molar-refractivity contribution in [2.24, 2.45) is 0 Å². The van der Waals surface area contributed by atoms with Crippen molar-refractivity contribution in [3.63, 3.8) is 0 Å². The second-order valence-electron chi connectivity index (χ2n) is 5.46. The van der Waals surface area contributed by atoms with Gasteiger partial charge >= 0.3 is 0 Å². The number of rotatable bonds is 4.